The molecule has 35 heavy (non-hydrogen) atoms. The number of ether oxygens (including phenoxy) is 1. The largest absolute Gasteiger partial charge is 0.379 e. The van der Waals surface area contributed by atoms with Gasteiger partial charge in [-0.25, -0.2) is 0 Å². The van der Waals surface area contributed by atoms with Crippen LogP contribution in [-0.2, 0) is 9.53 Å². The number of carbonyl (C=O) groups is 2. The van der Waals surface area contributed by atoms with E-state index in [0.29, 0.717) is 37.8 Å². The lowest BCUT2D eigenvalue weighted by molar-refractivity contribution is -0.150. The van der Waals surface area contributed by atoms with Crippen LogP contribution in [0.4, 0.5) is 0 Å². The summed E-state index contributed by atoms with van der Waals surface area (Å²) in [6.07, 6.45) is 6.50. The van der Waals surface area contributed by atoms with Crippen molar-refractivity contribution in [3.8, 4) is 0 Å². The molecule has 0 bridgehead atoms. The zero-order valence-corrected chi connectivity index (χ0v) is 21.1. The number of aromatic nitrogens is 1. The van der Waals surface area contributed by atoms with Crippen LogP contribution in [0.2, 0.25) is 0 Å². The highest BCUT2D eigenvalue weighted by Crippen LogP contribution is 2.33. The fraction of sp³-hybridized carbons (Fsp3) is 0.630. The lowest BCUT2D eigenvalue weighted by Crippen LogP contribution is -2.69. The van der Waals surface area contributed by atoms with E-state index in [-0.39, 0.29) is 11.8 Å². The minimum atomic E-state index is -1.11. The molecule has 3 saturated heterocycles. The molecule has 190 valence electrons. The molecule has 0 aliphatic carbocycles. The number of amides is 2. The summed E-state index contributed by atoms with van der Waals surface area (Å²) in [4.78, 5) is 37.0. The molecule has 2 aromatic rings. The number of carbonyl (C=O) groups excluding carboxylic acids is 2. The number of hydrogen-bond acceptors (Lipinski definition) is 5. The molecule has 0 saturated carbocycles. The Bertz CT molecular complexity index is 1030. The molecule has 3 fully saturated rings. The number of benzene rings is 1. The van der Waals surface area contributed by atoms with Gasteiger partial charge in [-0.3, -0.25) is 14.5 Å². The Labute approximate surface area is 208 Å². The molecule has 3 aliphatic heterocycles. The van der Waals surface area contributed by atoms with Crippen LogP contribution in [-0.4, -0.2) is 96.7 Å². The number of piperidine rings is 2. The number of likely N-dealkylation sites (tertiary alicyclic amines) is 2. The molecule has 8 heteroatoms. The third kappa shape index (κ3) is 5.10. The predicted octanol–water partition coefficient (Wildman–Crippen LogP) is 2.53. The summed E-state index contributed by atoms with van der Waals surface area (Å²) in [5, 5.41) is 4.19. The minimum Gasteiger partial charge on any atom is -0.379 e. The molecule has 4 heterocycles. The summed E-state index contributed by atoms with van der Waals surface area (Å²) >= 11 is 0. The third-order valence-corrected chi connectivity index (χ3v) is 8.49. The van der Waals surface area contributed by atoms with Crippen molar-refractivity contribution in [2.24, 2.45) is 11.8 Å². The van der Waals surface area contributed by atoms with Crippen molar-refractivity contribution in [1.29, 1.82) is 0 Å². The SMILES string of the molecule is CN1CCC(C2CCN(C(=O)[C@@](C)(NC(=O)c3ccc4cc[nH]c4c3)N3CCOCC3)CC2)CC1. The van der Waals surface area contributed by atoms with Crippen molar-refractivity contribution in [1.82, 2.24) is 25.0 Å². The number of nitrogens with one attached hydrogen (secondary N) is 2. The molecule has 1 atom stereocenters. The van der Waals surface area contributed by atoms with Gasteiger partial charge in [0, 0.05) is 43.5 Å². The second-order valence-corrected chi connectivity index (χ2v) is 10.7. The fourth-order valence-electron chi connectivity index (χ4n) is 6.14. The van der Waals surface area contributed by atoms with E-state index in [2.05, 4.69) is 27.1 Å². The molecule has 1 aromatic heterocycles. The molecule has 2 N–H and O–H groups in total. The standard InChI is InChI=1S/C27H39N5O3/c1-27(32-15-17-35-18-16-32,29-25(33)23-4-3-22-5-10-28-24(22)19-23)26(34)31-13-8-21(9-14-31)20-6-11-30(2)12-7-20/h3-5,10,19-21,28H,6-9,11-18H2,1-2H3,(H,29,33)/t27-/m0/s1. The monoisotopic (exact) mass is 481 g/mol. The molecule has 2 amide bonds. The van der Waals surface area contributed by atoms with Crippen molar-refractivity contribution in [2.45, 2.75) is 38.3 Å². The average Bonchev–Trinajstić information content (AvgIpc) is 3.37. The molecular formula is C27H39N5O3. The third-order valence-electron chi connectivity index (χ3n) is 8.49. The Morgan fingerprint density at radius 2 is 1.63 bits per heavy atom. The minimum absolute atomic E-state index is 0.00414. The van der Waals surface area contributed by atoms with E-state index in [9.17, 15) is 9.59 Å². The predicted molar refractivity (Wildman–Crippen MR) is 136 cm³/mol. The van der Waals surface area contributed by atoms with E-state index >= 15 is 0 Å². The summed E-state index contributed by atoms with van der Waals surface area (Å²) in [7, 11) is 2.20. The van der Waals surface area contributed by atoms with Gasteiger partial charge in [0.05, 0.1) is 13.2 Å². The van der Waals surface area contributed by atoms with Gasteiger partial charge in [0.1, 0.15) is 0 Å². The zero-order chi connectivity index (χ0) is 24.4. The van der Waals surface area contributed by atoms with Gasteiger partial charge in [0.15, 0.2) is 5.66 Å². The summed E-state index contributed by atoms with van der Waals surface area (Å²) < 4.78 is 5.55. The number of H-pyrrole nitrogens is 1. The number of fused-ring (bicyclic) bond motifs is 1. The van der Waals surface area contributed by atoms with Crippen molar-refractivity contribution in [2.75, 3.05) is 59.5 Å². The highest BCUT2D eigenvalue weighted by Gasteiger charge is 2.45. The Kier molecular flexibility index (Phi) is 7.14. The van der Waals surface area contributed by atoms with Crippen LogP contribution in [0.25, 0.3) is 10.9 Å². The van der Waals surface area contributed by atoms with Crippen LogP contribution in [0.1, 0.15) is 43.0 Å². The van der Waals surface area contributed by atoms with E-state index in [1.54, 1.807) is 0 Å². The van der Waals surface area contributed by atoms with Gasteiger partial charge in [-0.05, 0) is 88.2 Å². The van der Waals surface area contributed by atoms with Crippen molar-refractivity contribution in [3.63, 3.8) is 0 Å². The molecule has 1 aromatic carbocycles. The van der Waals surface area contributed by atoms with E-state index < -0.39 is 5.66 Å². The number of morpholine rings is 1. The lowest BCUT2D eigenvalue weighted by Gasteiger charge is -2.46. The molecule has 0 radical (unpaired) electrons. The molecular weight excluding hydrogens is 442 g/mol. The summed E-state index contributed by atoms with van der Waals surface area (Å²) in [5.41, 5.74) is 0.354. The maximum Gasteiger partial charge on any atom is 0.263 e. The Morgan fingerprint density at radius 1 is 0.971 bits per heavy atom. The topological polar surface area (TPSA) is 80.9 Å². The van der Waals surface area contributed by atoms with E-state index in [1.807, 2.05) is 42.3 Å². The molecule has 0 spiro atoms. The quantitative estimate of drug-likeness (QED) is 0.686. The Morgan fingerprint density at radius 3 is 2.31 bits per heavy atom. The molecule has 5 rings (SSSR count). The highest BCUT2D eigenvalue weighted by molar-refractivity contribution is 6.01. The molecule has 8 nitrogen and oxygen atoms in total. The normalized spacial score (nSPS) is 23.3. The van der Waals surface area contributed by atoms with E-state index in [0.717, 1.165) is 42.8 Å². The first-order valence-electron chi connectivity index (χ1n) is 13.1. The summed E-state index contributed by atoms with van der Waals surface area (Å²) in [6, 6.07) is 7.58. The second kappa shape index (κ2) is 10.3. The number of rotatable bonds is 5. The van der Waals surface area contributed by atoms with Gasteiger partial charge in [-0.15, -0.1) is 0 Å². The van der Waals surface area contributed by atoms with Crippen LogP contribution in [0.15, 0.2) is 30.5 Å². The van der Waals surface area contributed by atoms with Crippen molar-refractivity contribution in [3.05, 3.63) is 36.0 Å². The van der Waals surface area contributed by atoms with Gasteiger partial charge in [0.2, 0.25) is 0 Å². The number of nitrogens with zero attached hydrogens (tertiary/aromatic N) is 3. The Balaban J connectivity index is 1.29. The molecule has 0 unspecified atom stereocenters. The van der Waals surface area contributed by atoms with Crippen molar-refractivity contribution < 1.29 is 14.3 Å². The summed E-state index contributed by atoms with van der Waals surface area (Å²) in [5.74, 6) is 1.24. The number of aromatic amines is 1. The fourth-order valence-corrected chi connectivity index (χ4v) is 6.14. The van der Waals surface area contributed by atoms with Gasteiger partial charge < -0.3 is 24.8 Å². The average molecular weight is 482 g/mol. The van der Waals surface area contributed by atoms with E-state index in [4.69, 9.17) is 4.74 Å². The Hall–Kier alpha value is -2.42. The van der Waals surface area contributed by atoms with Crippen molar-refractivity contribution >= 4 is 22.7 Å². The van der Waals surface area contributed by atoms with Crippen LogP contribution < -0.4 is 5.32 Å². The highest BCUT2D eigenvalue weighted by atomic mass is 16.5. The van der Waals surface area contributed by atoms with Crippen LogP contribution in [0.5, 0.6) is 0 Å². The van der Waals surface area contributed by atoms with Gasteiger partial charge in [-0.1, -0.05) is 6.07 Å². The first-order chi connectivity index (χ1) is 16.9. The van der Waals surface area contributed by atoms with E-state index in [1.165, 1.54) is 25.9 Å². The van der Waals surface area contributed by atoms with Crippen LogP contribution in [0.3, 0.4) is 0 Å². The molecule has 3 aliphatic rings. The lowest BCUT2D eigenvalue weighted by atomic mass is 9.78. The van der Waals surface area contributed by atoms with Gasteiger partial charge in [0.25, 0.3) is 11.8 Å². The smallest absolute Gasteiger partial charge is 0.263 e. The zero-order valence-electron chi connectivity index (χ0n) is 21.1. The first kappa shape index (κ1) is 24.3. The van der Waals surface area contributed by atoms with Crippen LogP contribution >= 0.6 is 0 Å². The second-order valence-electron chi connectivity index (χ2n) is 10.7. The maximum atomic E-state index is 14.0. The van der Waals surface area contributed by atoms with Gasteiger partial charge >= 0.3 is 0 Å². The number of hydrogen-bond donors (Lipinski definition) is 2. The summed E-state index contributed by atoms with van der Waals surface area (Å²) in [6.45, 7) is 8.11. The van der Waals surface area contributed by atoms with Crippen LogP contribution in [0, 0.1) is 11.8 Å². The first-order valence-corrected chi connectivity index (χ1v) is 13.1. The maximum absolute atomic E-state index is 14.0. The van der Waals surface area contributed by atoms with Gasteiger partial charge in [-0.2, -0.15) is 0 Å².